The van der Waals surface area contributed by atoms with Crippen molar-refractivity contribution in [2.45, 2.75) is 19.9 Å². The molecule has 114 valence electrons. The van der Waals surface area contributed by atoms with Crippen molar-refractivity contribution in [3.63, 3.8) is 0 Å². The van der Waals surface area contributed by atoms with E-state index in [-0.39, 0.29) is 17.9 Å². The van der Waals surface area contributed by atoms with Crippen LogP contribution in [0.15, 0.2) is 22.8 Å². The van der Waals surface area contributed by atoms with E-state index >= 15 is 0 Å². The first-order valence-electron chi connectivity index (χ1n) is 6.86. The minimum Gasteiger partial charge on any atom is -0.340 e. The van der Waals surface area contributed by atoms with Gasteiger partial charge in [0.05, 0.1) is 6.54 Å². The number of pyridine rings is 1. The van der Waals surface area contributed by atoms with Crippen molar-refractivity contribution >= 4 is 33.6 Å². The fraction of sp³-hybridized carbons (Fsp3) is 0.500. The van der Waals surface area contributed by atoms with Crippen molar-refractivity contribution in [1.82, 2.24) is 14.8 Å². The summed E-state index contributed by atoms with van der Waals surface area (Å²) < 4.78 is 0.870. The standard InChI is InChI=1S/C14H19BrN4O2/c1-10-8-19(11(2)20)6-5-18(10)9-14(21)17-13-4-3-12(15)7-16-13/h3-4,7,10H,5-6,8-9H2,1-2H3,(H,16,17,21)/t10-/m1/s1. The molecule has 0 spiro atoms. The Hall–Kier alpha value is -1.47. The molecule has 2 heterocycles. The Balaban J connectivity index is 1.85. The molecule has 1 aromatic heterocycles. The van der Waals surface area contributed by atoms with Gasteiger partial charge in [0.2, 0.25) is 11.8 Å². The van der Waals surface area contributed by atoms with Crippen molar-refractivity contribution in [3.8, 4) is 0 Å². The molecular weight excluding hydrogens is 336 g/mol. The molecule has 0 radical (unpaired) electrons. The maximum atomic E-state index is 12.0. The van der Waals surface area contributed by atoms with Crippen LogP contribution in [0.3, 0.4) is 0 Å². The first kappa shape index (κ1) is 15.9. The minimum absolute atomic E-state index is 0.0880. The quantitative estimate of drug-likeness (QED) is 0.889. The second-order valence-electron chi connectivity index (χ2n) is 5.19. The van der Waals surface area contributed by atoms with E-state index in [1.165, 1.54) is 0 Å². The Kier molecular flexibility index (Phi) is 5.30. The molecule has 1 saturated heterocycles. The van der Waals surface area contributed by atoms with E-state index in [0.29, 0.717) is 32.0 Å². The average Bonchev–Trinajstić information content (AvgIpc) is 2.43. The fourth-order valence-electron chi connectivity index (χ4n) is 2.33. The SMILES string of the molecule is CC(=O)N1CCN(CC(=O)Nc2ccc(Br)cn2)[C@H](C)C1. The van der Waals surface area contributed by atoms with Crippen LogP contribution in [-0.4, -0.2) is 58.8 Å². The Morgan fingerprint density at radius 3 is 2.76 bits per heavy atom. The lowest BCUT2D eigenvalue weighted by Gasteiger charge is -2.39. The normalized spacial score (nSPS) is 19.4. The zero-order chi connectivity index (χ0) is 15.4. The molecule has 2 rings (SSSR count). The van der Waals surface area contributed by atoms with E-state index < -0.39 is 0 Å². The van der Waals surface area contributed by atoms with Crippen molar-refractivity contribution in [3.05, 3.63) is 22.8 Å². The number of anilines is 1. The Labute approximate surface area is 132 Å². The summed E-state index contributed by atoms with van der Waals surface area (Å²) in [5.74, 6) is 0.538. The van der Waals surface area contributed by atoms with Gasteiger partial charge in [0.25, 0.3) is 0 Å². The third kappa shape index (κ3) is 4.50. The molecule has 1 atom stereocenters. The molecular formula is C14H19BrN4O2. The van der Waals surface area contributed by atoms with Crippen LogP contribution in [-0.2, 0) is 9.59 Å². The predicted octanol–water partition coefficient (Wildman–Crippen LogP) is 1.34. The number of carbonyl (C=O) groups excluding carboxylic acids is 2. The van der Waals surface area contributed by atoms with Gasteiger partial charge in [-0.15, -0.1) is 0 Å². The van der Waals surface area contributed by atoms with Crippen LogP contribution in [0.1, 0.15) is 13.8 Å². The third-order valence-electron chi connectivity index (χ3n) is 3.55. The zero-order valence-electron chi connectivity index (χ0n) is 12.2. The molecule has 1 N–H and O–H groups in total. The second-order valence-corrected chi connectivity index (χ2v) is 6.11. The monoisotopic (exact) mass is 354 g/mol. The molecule has 1 aromatic rings. The summed E-state index contributed by atoms with van der Waals surface area (Å²) in [6, 6.07) is 3.75. The number of carbonyl (C=O) groups is 2. The highest BCUT2D eigenvalue weighted by Gasteiger charge is 2.26. The summed E-state index contributed by atoms with van der Waals surface area (Å²) in [7, 11) is 0. The molecule has 0 bridgehead atoms. The Morgan fingerprint density at radius 2 is 2.19 bits per heavy atom. The molecule has 0 unspecified atom stereocenters. The molecule has 1 aliphatic heterocycles. The summed E-state index contributed by atoms with van der Waals surface area (Å²) in [5.41, 5.74) is 0. The number of aromatic nitrogens is 1. The minimum atomic E-state index is -0.0899. The number of hydrogen-bond donors (Lipinski definition) is 1. The third-order valence-corrected chi connectivity index (χ3v) is 4.02. The predicted molar refractivity (Wildman–Crippen MR) is 83.9 cm³/mol. The summed E-state index contributed by atoms with van der Waals surface area (Å²) in [6.45, 7) is 5.96. The van der Waals surface area contributed by atoms with Gasteiger partial charge < -0.3 is 10.2 Å². The van der Waals surface area contributed by atoms with Crippen LogP contribution < -0.4 is 5.32 Å². The van der Waals surface area contributed by atoms with E-state index in [1.54, 1.807) is 19.2 Å². The number of amides is 2. The van der Waals surface area contributed by atoms with E-state index in [4.69, 9.17) is 0 Å². The van der Waals surface area contributed by atoms with Crippen LogP contribution in [0.4, 0.5) is 5.82 Å². The largest absolute Gasteiger partial charge is 0.340 e. The lowest BCUT2D eigenvalue weighted by Crippen LogP contribution is -2.54. The van der Waals surface area contributed by atoms with Gasteiger partial charge in [0.1, 0.15) is 5.82 Å². The molecule has 7 heteroatoms. The first-order valence-corrected chi connectivity index (χ1v) is 7.66. The van der Waals surface area contributed by atoms with Gasteiger partial charge in [-0.25, -0.2) is 4.98 Å². The summed E-state index contributed by atoms with van der Waals surface area (Å²) in [5, 5.41) is 2.78. The lowest BCUT2D eigenvalue weighted by molar-refractivity contribution is -0.132. The maximum Gasteiger partial charge on any atom is 0.239 e. The summed E-state index contributed by atoms with van der Waals surface area (Å²) in [6.07, 6.45) is 1.64. The molecule has 0 saturated carbocycles. The number of hydrogen-bond acceptors (Lipinski definition) is 4. The Bertz CT molecular complexity index is 520. The number of piperazine rings is 1. The van der Waals surface area contributed by atoms with Crippen molar-refractivity contribution in [1.29, 1.82) is 0 Å². The topological polar surface area (TPSA) is 65.5 Å². The van der Waals surface area contributed by atoms with E-state index in [0.717, 1.165) is 4.47 Å². The molecule has 6 nitrogen and oxygen atoms in total. The van der Waals surface area contributed by atoms with Gasteiger partial charge in [-0.2, -0.15) is 0 Å². The van der Waals surface area contributed by atoms with Crippen molar-refractivity contribution < 1.29 is 9.59 Å². The molecule has 0 aromatic carbocycles. The molecule has 1 aliphatic rings. The molecule has 0 aliphatic carbocycles. The number of halogens is 1. The van der Waals surface area contributed by atoms with Crippen LogP contribution in [0.5, 0.6) is 0 Å². The second kappa shape index (κ2) is 7.00. The number of nitrogens with one attached hydrogen (secondary N) is 1. The van der Waals surface area contributed by atoms with Crippen LogP contribution in [0, 0.1) is 0 Å². The number of nitrogens with zero attached hydrogens (tertiary/aromatic N) is 3. The highest BCUT2D eigenvalue weighted by atomic mass is 79.9. The van der Waals surface area contributed by atoms with Crippen molar-refractivity contribution in [2.75, 3.05) is 31.5 Å². The number of rotatable bonds is 3. The van der Waals surface area contributed by atoms with Gasteiger partial charge in [-0.1, -0.05) is 0 Å². The van der Waals surface area contributed by atoms with E-state index in [9.17, 15) is 9.59 Å². The summed E-state index contributed by atoms with van der Waals surface area (Å²) >= 11 is 3.30. The molecule has 1 fully saturated rings. The fourth-order valence-corrected chi connectivity index (χ4v) is 2.57. The van der Waals surface area contributed by atoms with Crippen LogP contribution in [0.2, 0.25) is 0 Å². The van der Waals surface area contributed by atoms with Gasteiger partial charge in [0, 0.05) is 43.3 Å². The van der Waals surface area contributed by atoms with Crippen molar-refractivity contribution in [2.24, 2.45) is 0 Å². The molecule has 21 heavy (non-hydrogen) atoms. The smallest absolute Gasteiger partial charge is 0.239 e. The first-order chi connectivity index (χ1) is 9.95. The van der Waals surface area contributed by atoms with Gasteiger partial charge in [-0.3, -0.25) is 14.5 Å². The van der Waals surface area contributed by atoms with Gasteiger partial charge >= 0.3 is 0 Å². The zero-order valence-corrected chi connectivity index (χ0v) is 13.8. The maximum absolute atomic E-state index is 12.0. The molecule has 2 amide bonds. The summed E-state index contributed by atoms with van der Waals surface area (Å²) in [4.78, 5) is 31.4. The van der Waals surface area contributed by atoms with Gasteiger partial charge in [-0.05, 0) is 35.0 Å². The Morgan fingerprint density at radius 1 is 1.43 bits per heavy atom. The van der Waals surface area contributed by atoms with E-state index in [1.807, 2.05) is 17.9 Å². The average molecular weight is 355 g/mol. The van der Waals surface area contributed by atoms with Crippen LogP contribution >= 0.6 is 15.9 Å². The highest BCUT2D eigenvalue weighted by Crippen LogP contribution is 2.12. The van der Waals surface area contributed by atoms with Crippen LogP contribution in [0.25, 0.3) is 0 Å². The highest BCUT2D eigenvalue weighted by molar-refractivity contribution is 9.10. The van der Waals surface area contributed by atoms with E-state index in [2.05, 4.69) is 31.1 Å². The van der Waals surface area contributed by atoms with Gasteiger partial charge in [0.15, 0.2) is 0 Å². The lowest BCUT2D eigenvalue weighted by atomic mass is 10.2.